The molecule has 0 fully saturated rings. The highest BCUT2D eigenvalue weighted by Gasteiger charge is 2.15. The fourth-order valence-electron chi connectivity index (χ4n) is 0.917. The van der Waals surface area contributed by atoms with Crippen LogP contribution in [0.5, 0.6) is 0 Å². The van der Waals surface area contributed by atoms with Crippen LogP contribution in [0.1, 0.15) is 0 Å². The van der Waals surface area contributed by atoms with Gasteiger partial charge in [0.2, 0.25) is 9.84 Å². The average molecular weight is 198 g/mol. The average Bonchev–Trinajstić information content (AvgIpc) is 2.45. The van der Waals surface area contributed by atoms with Crippen LogP contribution in [0, 0.1) is 0 Å². The zero-order valence-electron chi connectivity index (χ0n) is 6.76. The van der Waals surface area contributed by atoms with Crippen LogP contribution in [-0.2, 0) is 9.84 Å². The van der Waals surface area contributed by atoms with Crippen LogP contribution in [0.3, 0.4) is 0 Å². The normalized spacial score (nSPS) is 12.1. The molecule has 2 aromatic heterocycles. The maximum absolute atomic E-state index is 11.0. The Morgan fingerprint density at radius 3 is 2.85 bits per heavy atom. The van der Waals surface area contributed by atoms with Crippen LogP contribution < -0.4 is 0 Å². The first-order chi connectivity index (χ1) is 6.07. The van der Waals surface area contributed by atoms with Crippen LogP contribution in [0.25, 0.3) is 11.1 Å². The molecule has 0 amide bonds. The minimum atomic E-state index is -3.37. The van der Waals surface area contributed by atoms with E-state index >= 15 is 0 Å². The van der Waals surface area contributed by atoms with Crippen LogP contribution in [0.15, 0.2) is 28.1 Å². The second-order valence-electron chi connectivity index (χ2n) is 2.60. The predicted octanol–water partition coefficient (Wildman–Crippen LogP) is 0.626. The quantitative estimate of drug-likeness (QED) is 0.671. The molecular formula is C7H6N2O3S. The largest absolute Gasteiger partial charge is 0.428 e. The zero-order chi connectivity index (χ0) is 9.47. The summed E-state index contributed by atoms with van der Waals surface area (Å²) in [6.45, 7) is 0. The van der Waals surface area contributed by atoms with Crippen molar-refractivity contribution in [1.82, 2.24) is 9.97 Å². The summed E-state index contributed by atoms with van der Waals surface area (Å²) in [4.78, 5) is 7.56. The van der Waals surface area contributed by atoms with Crippen molar-refractivity contribution in [2.24, 2.45) is 0 Å². The lowest BCUT2D eigenvalue weighted by Crippen LogP contribution is -1.96. The molecule has 68 valence electrons. The number of rotatable bonds is 1. The Labute approximate surface area is 74.3 Å². The Hall–Kier alpha value is -1.43. The van der Waals surface area contributed by atoms with Crippen LogP contribution in [0.4, 0.5) is 0 Å². The van der Waals surface area contributed by atoms with Gasteiger partial charge < -0.3 is 4.42 Å². The maximum Gasteiger partial charge on any atom is 0.315 e. The Balaban J connectivity index is 2.77. The first-order valence-corrected chi connectivity index (χ1v) is 5.37. The molecule has 5 nitrogen and oxygen atoms in total. The van der Waals surface area contributed by atoms with E-state index in [1.165, 1.54) is 12.4 Å². The molecule has 2 rings (SSSR count). The van der Waals surface area contributed by atoms with Crippen molar-refractivity contribution < 1.29 is 12.8 Å². The molecule has 0 saturated carbocycles. The lowest BCUT2D eigenvalue weighted by molar-refractivity contribution is 0.460. The van der Waals surface area contributed by atoms with E-state index in [2.05, 4.69) is 9.97 Å². The predicted molar refractivity (Wildman–Crippen MR) is 44.9 cm³/mol. The van der Waals surface area contributed by atoms with E-state index in [0.29, 0.717) is 11.1 Å². The van der Waals surface area contributed by atoms with Crippen molar-refractivity contribution in [3.8, 4) is 0 Å². The molecule has 0 aliphatic rings. The number of fused-ring (bicyclic) bond motifs is 1. The van der Waals surface area contributed by atoms with Gasteiger partial charge in [-0.3, -0.25) is 4.98 Å². The van der Waals surface area contributed by atoms with E-state index in [1.54, 1.807) is 6.07 Å². The molecule has 0 atom stereocenters. The molecule has 6 heteroatoms. The SMILES string of the molecule is CS(=O)(=O)c1nc2cnccc2o1. The van der Waals surface area contributed by atoms with E-state index in [9.17, 15) is 8.42 Å². The summed E-state index contributed by atoms with van der Waals surface area (Å²) in [6.07, 6.45) is 4.01. The van der Waals surface area contributed by atoms with Crippen LogP contribution in [0.2, 0.25) is 0 Å². The summed E-state index contributed by atoms with van der Waals surface area (Å²) in [5.74, 6) is 0. The van der Waals surface area contributed by atoms with Crippen molar-refractivity contribution in [2.45, 2.75) is 5.22 Å². The third-order valence-electron chi connectivity index (χ3n) is 1.49. The summed E-state index contributed by atoms with van der Waals surface area (Å²) in [5, 5.41) is -0.268. The molecule has 0 aliphatic heterocycles. The standard InChI is InChI=1S/C7H6N2O3S/c1-13(10,11)7-9-5-4-8-3-2-6(5)12-7/h2-4H,1H3. The molecule has 0 N–H and O–H groups in total. The highest BCUT2D eigenvalue weighted by molar-refractivity contribution is 7.90. The number of pyridine rings is 1. The Bertz CT molecular complexity index is 511. The second kappa shape index (κ2) is 2.53. The van der Waals surface area contributed by atoms with E-state index < -0.39 is 9.84 Å². The number of hydrogen-bond donors (Lipinski definition) is 0. The summed E-state index contributed by atoms with van der Waals surface area (Å²) in [7, 11) is -3.37. The minimum Gasteiger partial charge on any atom is -0.428 e. The molecule has 0 radical (unpaired) electrons. The van der Waals surface area contributed by atoms with Gasteiger partial charge in [0, 0.05) is 18.5 Å². The Morgan fingerprint density at radius 2 is 2.23 bits per heavy atom. The van der Waals surface area contributed by atoms with Gasteiger partial charge in [0.1, 0.15) is 5.52 Å². The Kier molecular flexibility index (Phi) is 1.59. The van der Waals surface area contributed by atoms with Gasteiger partial charge in [0.25, 0.3) is 0 Å². The molecule has 2 aromatic rings. The van der Waals surface area contributed by atoms with Crippen molar-refractivity contribution in [2.75, 3.05) is 6.26 Å². The first kappa shape index (κ1) is 8.18. The molecule has 0 unspecified atom stereocenters. The number of sulfone groups is 1. The zero-order valence-corrected chi connectivity index (χ0v) is 7.58. The van der Waals surface area contributed by atoms with Crippen molar-refractivity contribution in [3.63, 3.8) is 0 Å². The minimum absolute atomic E-state index is 0.268. The first-order valence-electron chi connectivity index (χ1n) is 3.48. The molecule has 13 heavy (non-hydrogen) atoms. The van der Waals surface area contributed by atoms with Gasteiger partial charge in [-0.05, 0) is 0 Å². The van der Waals surface area contributed by atoms with Crippen LogP contribution >= 0.6 is 0 Å². The third-order valence-corrected chi connectivity index (χ3v) is 2.30. The molecule has 0 aliphatic carbocycles. The lowest BCUT2D eigenvalue weighted by Gasteiger charge is -1.84. The van der Waals surface area contributed by atoms with Gasteiger partial charge in [-0.1, -0.05) is 0 Å². The van der Waals surface area contributed by atoms with Crippen molar-refractivity contribution in [3.05, 3.63) is 18.5 Å². The van der Waals surface area contributed by atoms with Crippen molar-refractivity contribution in [1.29, 1.82) is 0 Å². The number of hydrogen-bond acceptors (Lipinski definition) is 5. The smallest absolute Gasteiger partial charge is 0.315 e. The van der Waals surface area contributed by atoms with E-state index in [1.807, 2.05) is 0 Å². The monoisotopic (exact) mass is 198 g/mol. The highest BCUT2D eigenvalue weighted by atomic mass is 32.2. The van der Waals surface area contributed by atoms with Gasteiger partial charge >= 0.3 is 5.22 Å². The fourth-order valence-corrected chi connectivity index (χ4v) is 1.42. The van der Waals surface area contributed by atoms with E-state index in [-0.39, 0.29) is 5.22 Å². The van der Waals surface area contributed by atoms with Crippen molar-refractivity contribution >= 4 is 20.9 Å². The van der Waals surface area contributed by atoms with Gasteiger partial charge in [-0.25, -0.2) is 8.42 Å². The van der Waals surface area contributed by atoms with Crippen LogP contribution in [-0.4, -0.2) is 24.6 Å². The van der Waals surface area contributed by atoms with E-state index in [0.717, 1.165) is 6.26 Å². The Morgan fingerprint density at radius 1 is 1.46 bits per heavy atom. The van der Waals surface area contributed by atoms with Gasteiger partial charge in [0.05, 0.1) is 6.20 Å². The number of nitrogens with zero attached hydrogens (tertiary/aromatic N) is 2. The third kappa shape index (κ3) is 1.40. The lowest BCUT2D eigenvalue weighted by atomic mass is 10.4. The molecule has 0 spiro atoms. The number of oxazole rings is 1. The molecule has 0 bridgehead atoms. The summed E-state index contributed by atoms with van der Waals surface area (Å²) >= 11 is 0. The molecule has 0 saturated heterocycles. The summed E-state index contributed by atoms with van der Waals surface area (Å²) < 4.78 is 27.0. The van der Waals surface area contributed by atoms with Gasteiger partial charge in [0.15, 0.2) is 5.58 Å². The highest BCUT2D eigenvalue weighted by Crippen LogP contribution is 2.16. The second-order valence-corrected chi connectivity index (χ2v) is 4.49. The molecule has 2 heterocycles. The maximum atomic E-state index is 11.0. The summed E-state index contributed by atoms with van der Waals surface area (Å²) in [6, 6.07) is 1.57. The number of aromatic nitrogens is 2. The van der Waals surface area contributed by atoms with E-state index in [4.69, 9.17) is 4.42 Å². The topological polar surface area (TPSA) is 73.1 Å². The molecule has 0 aromatic carbocycles. The molecular weight excluding hydrogens is 192 g/mol. The van der Waals surface area contributed by atoms with Gasteiger partial charge in [-0.15, -0.1) is 0 Å². The summed E-state index contributed by atoms with van der Waals surface area (Å²) in [5.41, 5.74) is 0.873. The fraction of sp³-hybridized carbons (Fsp3) is 0.143. The van der Waals surface area contributed by atoms with Gasteiger partial charge in [-0.2, -0.15) is 4.98 Å².